The lowest BCUT2D eigenvalue weighted by Crippen LogP contribution is -2.50. The van der Waals surface area contributed by atoms with Crippen molar-refractivity contribution in [2.24, 2.45) is 0 Å². The van der Waals surface area contributed by atoms with Crippen molar-refractivity contribution >= 4 is 8.56 Å². The maximum Gasteiger partial charge on any atom is 0.333 e. The molecule has 0 aliphatic heterocycles. The Kier molecular flexibility index (Phi) is 45.0. The molecule has 5 atom stereocenters. The predicted molar refractivity (Wildman–Crippen MR) is 266 cm³/mol. The molecule has 0 radical (unpaired) electrons. The van der Waals surface area contributed by atoms with E-state index >= 15 is 0 Å². The topological polar surface area (TPSA) is 152 Å². The van der Waals surface area contributed by atoms with Gasteiger partial charge in [-0.1, -0.05) is 146 Å². The summed E-state index contributed by atoms with van der Waals surface area (Å²) in [6.07, 6.45) is 44.7. The van der Waals surface area contributed by atoms with Crippen molar-refractivity contribution in [2.75, 3.05) is 46.1 Å². The first-order valence-corrected chi connectivity index (χ1v) is 28.6. The van der Waals surface area contributed by atoms with Crippen LogP contribution in [0.2, 0.25) is 13.1 Å². The standard InChI is InChI=1S/C52H101NO9Si/c1-5-7-9-11-13-15-17-19-21-23-25-27-29-31-34-38-44-60-50(40-36-32-30-28-26-24-22-20-18-16-14-12-10-8-6-2)62-63(3,4)61-45-39-35-33-37-41-53(42-43-54)46-48(56)51(58)52(59)49(57)47-55/h13-16,19-22,48-52,54-59H,5-12,17-18,23-47H2,1-4H3/b15-13-,16-14-,21-19-,22-20-. The average molecular weight is 912 g/mol. The van der Waals surface area contributed by atoms with Gasteiger partial charge in [0.05, 0.1) is 19.3 Å². The Morgan fingerprint density at radius 1 is 0.492 bits per heavy atom. The van der Waals surface area contributed by atoms with E-state index in [2.05, 4.69) is 75.5 Å². The van der Waals surface area contributed by atoms with E-state index in [0.717, 1.165) is 70.8 Å². The number of allylic oxidation sites excluding steroid dienone is 8. The minimum Gasteiger partial charge on any atom is -0.395 e. The third-order valence-corrected chi connectivity index (χ3v) is 13.2. The number of aliphatic hydroxyl groups excluding tert-OH is 6. The van der Waals surface area contributed by atoms with Gasteiger partial charge >= 0.3 is 8.56 Å². The van der Waals surface area contributed by atoms with E-state index in [0.29, 0.717) is 19.7 Å². The van der Waals surface area contributed by atoms with E-state index in [1.807, 2.05) is 4.90 Å². The van der Waals surface area contributed by atoms with E-state index in [4.69, 9.17) is 18.7 Å². The summed E-state index contributed by atoms with van der Waals surface area (Å²) >= 11 is 0. The summed E-state index contributed by atoms with van der Waals surface area (Å²) in [4.78, 5) is 1.83. The van der Waals surface area contributed by atoms with E-state index in [1.165, 1.54) is 116 Å². The number of nitrogens with zero attached hydrogens (tertiary/aromatic N) is 1. The Hall–Kier alpha value is -1.22. The molecular weight excluding hydrogens is 811 g/mol. The van der Waals surface area contributed by atoms with Crippen LogP contribution in [0.5, 0.6) is 0 Å². The summed E-state index contributed by atoms with van der Waals surface area (Å²) < 4.78 is 19.4. The number of ether oxygens (including phenoxy) is 1. The summed E-state index contributed by atoms with van der Waals surface area (Å²) in [5, 5.41) is 58.6. The third-order valence-electron chi connectivity index (χ3n) is 11.5. The largest absolute Gasteiger partial charge is 0.395 e. The zero-order chi connectivity index (χ0) is 46.5. The first-order valence-electron chi connectivity index (χ1n) is 25.8. The quantitative estimate of drug-likeness (QED) is 0.0151. The van der Waals surface area contributed by atoms with E-state index in [9.17, 15) is 25.5 Å². The van der Waals surface area contributed by atoms with Gasteiger partial charge in [-0.3, -0.25) is 4.90 Å². The number of unbranched alkanes of at least 4 members (excludes halogenated alkanes) is 20. The van der Waals surface area contributed by atoms with Gasteiger partial charge in [0.25, 0.3) is 0 Å². The summed E-state index contributed by atoms with van der Waals surface area (Å²) in [6, 6.07) is 0. The van der Waals surface area contributed by atoms with Crippen molar-refractivity contribution < 1.29 is 44.2 Å². The van der Waals surface area contributed by atoms with Gasteiger partial charge in [-0.2, -0.15) is 0 Å². The highest BCUT2D eigenvalue weighted by atomic mass is 28.4. The summed E-state index contributed by atoms with van der Waals surface area (Å²) in [5.74, 6) is 0. The molecule has 0 aromatic heterocycles. The van der Waals surface area contributed by atoms with Crippen LogP contribution in [-0.4, -0.2) is 121 Å². The molecule has 11 heteroatoms. The second-order valence-corrected chi connectivity index (χ2v) is 21.3. The lowest BCUT2D eigenvalue weighted by molar-refractivity contribution is -0.119. The van der Waals surface area contributed by atoms with Gasteiger partial charge in [-0.05, 0) is 116 Å². The Morgan fingerprint density at radius 2 is 0.937 bits per heavy atom. The van der Waals surface area contributed by atoms with E-state index in [-0.39, 0.29) is 19.4 Å². The number of aliphatic hydroxyl groups is 6. The molecule has 372 valence electrons. The van der Waals surface area contributed by atoms with Gasteiger partial charge in [0, 0.05) is 26.3 Å². The molecule has 0 aromatic carbocycles. The Morgan fingerprint density at radius 3 is 1.44 bits per heavy atom. The van der Waals surface area contributed by atoms with Crippen LogP contribution >= 0.6 is 0 Å². The van der Waals surface area contributed by atoms with Crippen LogP contribution in [0.3, 0.4) is 0 Å². The summed E-state index contributed by atoms with van der Waals surface area (Å²) in [6.45, 7) is 10.2. The van der Waals surface area contributed by atoms with Crippen LogP contribution < -0.4 is 0 Å². The van der Waals surface area contributed by atoms with E-state index in [1.54, 1.807) is 0 Å². The Balaban J connectivity index is 4.63. The minimum atomic E-state index is -2.42. The van der Waals surface area contributed by atoms with Gasteiger partial charge in [0.2, 0.25) is 0 Å². The molecule has 63 heavy (non-hydrogen) atoms. The molecule has 5 unspecified atom stereocenters. The lowest BCUT2D eigenvalue weighted by atomic mass is 10.0. The van der Waals surface area contributed by atoms with Gasteiger partial charge in [0.15, 0.2) is 0 Å². The maximum absolute atomic E-state index is 10.4. The van der Waals surface area contributed by atoms with Gasteiger partial charge in [-0.15, -0.1) is 0 Å². The van der Waals surface area contributed by atoms with Crippen LogP contribution in [0, 0.1) is 0 Å². The Bertz CT molecular complexity index is 1070. The van der Waals surface area contributed by atoms with Crippen molar-refractivity contribution in [1.29, 1.82) is 0 Å². The fourth-order valence-electron chi connectivity index (χ4n) is 7.43. The first-order chi connectivity index (χ1) is 30.6. The second kappa shape index (κ2) is 45.9. The molecule has 0 rings (SSSR count). The van der Waals surface area contributed by atoms with Crippen LogP contribution in [0.4, 0.5) is 0 Å². The van der Waals surface area contributed by atoms with Crippen molar-refractivity contribution in [3.05, 3.63) is 48.6 Å². The predicted octanol–water partition coefficient (Wildman–Crippen LogP) is 11.0. The number of hydrogen-bond donors (Lipinski definition) is 6. The summed E-state index contributed by atoms with van der Waals surface area (Å²) in [5.41, 5.74) is 0. The highest BCUT2D eigenvalue weighted by Gasteiger charge is 2.31. The van der Waals surface area contributed by atoms with Gasteiger partial charge in [-0.25, -0.2) is 0 Å². The molecule has 0 aliphatic rings. The highest BCUT2D eigenvalue weighted by molar-refractivity contribution is 6.64. The van der Waals surface area contributed by atoms with Crippen molar-refractivity contribution in [1.82, 2.24) is 4.90 Å². The average Bonchev–Trinajstić information content (AvgIpc) is 3.27. The normalized spacial score (nSPS) is 15.2. The molecule has 0 amide bonds. The molecular formula is C52H101NO9Si. The molecule has 0 saturated carbocycles. The molecule has 0 heterocycles. The molecule has 0 saturated heterocycles. The molecule has 10 nitrogen and oxygen atoms in total. The number of rotatable bonds is 48. The van der Waals surface area contributed by atoms with Crippen molar-refractivity contribution in [3.8, 4) is 0 Å². The SMILES string of the molecule is CCCCC/C=C\C/C=C\CCCCCCCCOC(CCCCCCC/C=C\C/C=C\CCCCC)O[Si](C)(C)OCCCCCCN(CCO)CC(O)C(O)C(O)C(O)CO. The lowest BCUT2D eigenvalue weighted by Gasteiger charge is -2.30. The molecule has 0 bridgehead atoms. The smallest absolute Gasteiger partial charge is 0.333 e. The fourth-order valence-corrected chi connectivity index (χ4v) is 8.96. The van der Waals surface area contributed by atoms with Crippen LogP contribution in [-0.2, 0) is 13.6 Å². The fraction of sp³-hybridized carbons (Fsp3) is 0.846. The molecule has 0 spiro atoms. The summed E-state index contributed by atoms with van der Waals surface area (Å²) in [7, 11) is -2.42. The molecule has 6 N–H and O–H groups in total. The monoisotopic (exact) mass is 912 g/mol. The van der Waals surface area contributed by atoms with Crippen LogP contribution in [0.25, 0.3) is 0 Å². The van der Waals surface area contributed by atoms with Gasteiger partial charge < -0.3 is 44.2 Å². The van der Waals surface area contributed by atoms with Crippen molar-refractivity contribution in [3.63, 3.8) is 0 Å². The van der Waals surface area contributed by atoms with Gasteiger partial charge in [0.1, 0.15) is 24.6 Å². The second-order valence-electron chi connectivity index (χ2n) is 18.0. The zero-order valence-corrected chi connectivity index (χ0v) is 42.1. The third kappa shape index (κ3) is 40.8. The van der Waals surface area contributed by atoms with Crippen LogP contribution in [0.1, 0.15) is 194 Å². The zero-order valence-electron chi connectivity index (χ0n) is 41.1. The van der Waals surface area contributed by atoms with E-state index < -0.39 is 39.6 Å². The molecule has 0 fully saturated rings. The molecule has 0 aliphatic carbocycles. The Labute approximate surface area is 388 Å². The van der Waals surface area contributed by atoms with Crippen molar-refractivity contribution in [2.45, 2.75) is 237 Å². The molecule has 0 aromatic rings. The van der Waals surface area contributed by atoms with Crippen LogP contribution in [0.15, 0.2) is 48.6 Å². The number of hydrogen-bond acceptors (Lipinski definition) is 10. The first kappa shape index (κ1) is 61.8. The minimum absolute atomic E-state index is 0.0332. The maximum atomic E-state index is 10.4. The highest BCUT2D eigenvalue weighted by Crippen LogP contribution is 2.19.